The number of rotatable bonds is 3. The molecule has 3 rings (SSSR count). The molecule has 0 aromatic carbocycles. The monoisotopic (exact) mass is 244 g/mol. The molecule has 2 aliphatic rings. The number of hydrogen-bond donors (Lipinski definition) is 1. The third-order valence-electron chi connectivity index (χ3n) is 5.48. The molecule has 2 bridgehead atoms. The van der Waals surface area contributed by atoms with Crippen LogP contribution in [0.2, 0.25) is 0 Å². The lowest BCUT2D eigenvalue weighted by atomic mass is 9.68. The topological polar surface area (TPSA) is 24.9 Å². The van der Waals surface area contributed by atoms with Crippen LogP contribution < -0.4 is 5.32 Å². The van der Waals surface area contributed by atoms with Crippen LogP contribution in [0.5, 0.6) is 0 Å². The maximum atomic E-state index is 4.41. The summed E-state index contributed by atoms with van der Waals surface area (Å²) in [6.45, 7) is 8.26. The Bertz CT molecular complexity index is 421. The van der Waals surface area contributed by atoms with Crippen LogP contribution in [-0.2, 0) is 6.54 Å². The molecule has 1 aromatic rings. The molecule has 98 valence electrons. The summed E-state index contributed by atoms with van der Waals surface area (Å²) in [7, 11) is 0. The first-order valence-electron chi connectivity index (χ1n) is 7.16. The van der Waals surface area contributed by atoms with E-state index in [4.69, 9.17) is 0 Å². The van der Waals surface area contributed by atoms with E-state index in [1.807, 2.05) is 12.3 Å². The minimum atomic E-state index is 0.432. The van der Waals surface area contributed by atoms with Crippen molar-refractivity contribution < 1.29 is 0 Å². The molecule has 18 heavy (non-hydrogen) atoms. The first-order chi connectivity index (χ1) is 8.52. The highest BCUT2D eigenvalue weighted by Gasteiger charge is 2.58. The molecule has 0 radical (unpaired) electrons. The van der Waals surface area contributed by atoms with Crippen molar-refractivity contribution in [2.75, 3.05) is 0 Å². The number of nitrogens with zero attached hydrogens (tertiary/aromatic N) is 1. The molecule has 0 amide bonds. The van der Waals surface area contributed by atoms with Gasteiger partial charge in [-0.05, 0) is 48.1 Å². The second-order valence-electron chi connectivity index (χ2n) is 7.05. The average Bonchev–Trinajstić information content (AvgIpc) is 2.81. The largest absolute Gasteiger partial charge is 0.307 e. The van der Waals surface area contributed by atoms with Crippen molar-refractivity contribution in [1.29, 1.82) is 0 Å². The molecule has 2 aliphatic carbocycles. The first-order valence-corrected chi connectivity index (χ1v) is 7.16. The zero-order valence-electron chi connectivity index (χ0n) is 11.7. The zero-order valence-corrected chi connectivity index (χ0v) is 11.7. The molecule has 2 fully saturated rings. The van der Waals surface area contributed by atoms with Crippen molar-refractivity contribution in [2.24, 2.45) is 16.7 Å². The maximum absolute atomic E-state index is 4.41. The van der Waals surface area contributed by atoms with Crippen LogP contribution in [0.4, 0.5) is 0 Å². The van der Waals surface area contributed by atoms with E-state index < -0.39 is 0 Å². The van der Waals surface area contributed by atoms with Gasteiger partial charge in [-0.1, -0.05) is 26.8 Å². The van der Waals surface area contributed by atoms with Crippen molar-refractivity contribution in [2.45, 2.75) is 52.6 Å². The molecule has 0 saturated heterocycles. The summed E-state index contributed by atoms with van der Waals surface area (Å²) in [5, 5.41) is 3.80. The second-order valence-corrected chi connectivity index (χ2v) is 7.05. The zero-order chi connectivity index (χ0) is 12.8. The minimum absolute atomic E-state index is 0.432. The van der Waals surface area contributed by atoms with Gasteiger partial charge in [-0.3, -0.25) is 4.98 Å². The number of aromatic nitrogens is 1. The fourth-order valence-electron chi connectivity index (χ4n) is 4.52. The molecule has 1 heterocycles. The Morgan fingerprint density at radius 1 is 1.33 bits per heavy atom. The fraction of sp³-hybridized carbons (Fsp3) is 0.688. The Balaban J connectivity index is 1.73. The van der Waals surface area contributed by atoms with Gasteiger partial charge in [0.25, 0.3) is 0 Å². The lowest BCUT2D eigenvalue weighted by Gasteiger charge is -2.43. The second kappa shape index (κ2) is 4.06. The molecule has 1 N–H and O–H groups in total. The summed E-state index contributed by atoms with van der Waals surface area (Å²) in [6.07, 6.45) is 6.09. The quantitative estimate of drug-likeness (QED) is 0.881. The lowest BCUT2D eigenvalue weighted by molar-refractivity contribution is 0.107. The van der Waals surface area contributed by atoms with Crippen molar-refractivity contribution in [3.05, 3.63) is 30.1 Å². The van der Waals surface area contributed by atoms with Gasteiger partial charge in [-0.2, -0.15) is 0 Å². The molecular formula is C16H24N2. The fourth-order valence-corrected chi connectivity index (χ4v) is 4.52. The predicted molar refractivity (Wildman–Crippen MR) is 74.1 cm³/mol. The molecular weight excluding hydrogens is 220 g/mol. The molecule has 3 unspecified atom stereocenters. The third-order valence-corrected chi connectivity index (χ3v) is 5.48. The predicted octanol–water partition coefficient (Wildman–Crippen LogP) is 3.39. The van der Waals surface area contributed by atoms with E-state index in [0.717, 1.165) is 18.2 Å². The normalized spacial score (nSPS) is 37.1. The molecule has 0 aliphatic heterocycles. The van der Waals surface area contributed by atoms with Gasteiger partial charge in [0.05, 0.1) is 5.69 Å². The van der Waals surface area contributed by atoms with Crippen molar-refractivity contribution in [3.8, 4) is 0 Å². The summed E-state index contributed by atoms with van der Waals surface area (Å²) in [5.74, 6) is 0.906. The molecule has 2 saturated carbocycles. The van der Waals surface area contributed by atoms with Gasteiger partial charge >= 0.3 is 0 Å². The van der Waals surface area contributed by atoms with Gasteiger partial charge in [0.15, 0.2) is 0 Å². The van der Waals surface area contributed by atoms with E-state index in [-0.39, 0.29) is 0 Å². The van der Waals surface area contributed by atoms with Crippen LogP contribution >= 0.6 is 0 Å². The number of fused-ring (bicyclic) bond motifs is 2. The maximum Gasteiger partial charge on any atom is 0.0541 e. The smallest absolute Gasteiger partial charge is 0.0541 e. The summed E-state index contributed by atoms with van der Waals surface area (Å²) in [6, 6.07) is 6.78. The molecule has 2 nitrogen and oxygen atoms in total. The Kier molecular flexibility index (Phi) is 2.74. The van der Waals surface area contributed by atoms with E-state index >= 15 is 0 Å². The first kappa shape index (κ1) is 12.2. The molecule has 0 spiro atoms. The highest BCUT2D eigenvalue weighted by atomic mass is 15.0. The van der Waals surface area contributed by atoms with Crippen LogP contribution in [0.3, 0.4) is 0 Å². The summed E-state index contributed by atoms with van der Waals surface area (Å²) < 4.78 is 0. The molecule has 1 aromatic heterocycles. The molecule has 2 heteroatoms. The van der Waals surface area contributed by atoms with E-state index in [1.54, 1.807) is 0 Å². The van der Waals surface area contributed by atoms with Crippen molar-refractivity contribution >= 4 is 0 Å². The Labute approximate surface area is 110 Å². The third kappa shape index (κ3) is 1.78. The highest BCUT2D eigenvalue weighted by Crippen LogP contribution is 2.62. The summed E-state index contributed by atoms with van der Waals surface area (Å²) >= 11 is 0. The standard InChI is InChI=1S/C16H24N2/c1-15(2)12-7-8-16(3,10-12)14(15)18-11-13-6-4-5-9-17-13/h4-6,9,12,14,18H,7-8,10-11H2,1-3H3. The van der Waals surface area contributed by atoms with Crippen LogP contribution in [0.25, 0.3) is 0 Å². The van der Waals surface area contributed by atoms with Crippen molar-refractivity contribution in [3.63, 3.8) is 0 Å². The van der Waals surface area contributed by atoms with Crippen LogP contribution in [0, 0.1) is 16.7 Å². The summed E-state index contributed by atoms with van der Waals surface area (Å²) in [5.41, 5.74) is 2.09. The number of hydrogen-bond acceptors (Lipinski definition) is 2. The van der Waals surface area contributed by atoms with Gasteiger partial charge in [-0.15, -0.1) is 0 Å². The van der Waals surface area contributed by atoms with Crippen LogP contribution in [0.15, 0.2) is 24.4 Å². The van der Waals surface area contributed by atoms with Crippen molar-refractivity contribution in [1.82, 2.24) is 10.3 Å². The van der Waals surface area contributed by atoms with E-state index in [9.17, 15) is 0 Å². The van der Waals surface area contributed by atoms with Gasteiger partial charge in [-0.25, -0.2) is 0 Å². The highest BCUT2D eigenvalue weighted by molar-refractivity contribution is 5.13. The van der Waals surface area contributed by atoms with Gasteiger partial charge < -0.3 is 5.32 Å². The van der Waals surface area contributed by atoms with Crippen LogP contribution in [-0.4, -0.2) is 11.0 Å². The Hall–Kier alpha value is -0.890. The average molecular weight is 244 g/mol. The van der Waals surface area contributed by atoms with Crippen LogP contribution in [0.1, 0.15) is 45.7 Å². The number of nitrogens with one attached hydrogen (secondary N) is 1. The Morgan fingerprint density at radius 3 is 2.78 bits per heavy atom. The van der Waals surface area contributed by atoms with Gasteiger partial charge in [0, 0.05) is 18.8 Å². The number of pyridine rings is 1. The lowest BCUT2D eigenvalue weighted by Crippen LogP contribution is -2.50. The van der Waals surface area contributed by atoms with E-state index in [2.05, 4.69) is 43.2 Å². The van der Waals surface area contributed by atoms with E-state index in [0.29, 0.717) is 16.9 Å². The van der Waals surface area contributed by atoms with Gasteiger partial charge in [0.1, 0.15) is 0 Å². The summed E-state index contributed by atoms with van der Waals surface area (Å²) in [4.78, 5) is 4.41. The minimum Gasteiger partial charge on any atom is -0.307 e. The Morgan fingerprint density at radius 2 is 2.17 bits per heavy atom. The molecule has 3 atom stereocenters. The van der Waals surface area contributed by atoms with E-state index in [1.165, 1.54) is 19.3 Å². The van der Waals surface area contributed by atoms with Gasteiger partial charge in [0.2, 0.25) is 0 Å². The SMILES string of the molecule is CC12CCC(C1)C(C)(C)C2NCc1ccccn1.